The summed E-state index contributed by atoms with van der Waals surface area (Å²) in [4.78, 5) is 14.9. The summed E-state index contributed by atoms with van der Waals surface area (Å²) in [5.41, 5.74) is 1.19. The van der Waals surface area contributed by atoms with Crippen molar-refractivity contribution in [2.75, 3.05) is 6.54 Å². The van der Waals surface area contributed by atoms with Crippen LogP contribution in [0.3, 0.4) is 0 Å². The third kappa shape index (κ3) is 4.29. The van der Waals surface area contributed by atoms with Crippen LogP contribution in [0.5, 0.6) is 5.75 Å². The Morgan fingerprint density at radius 3 is 2.47 bits per heavy atom. The first kappa shape index (κ1) is 19.9. The number of hydrogen-bond acceptors (Lipinski definition) is 4. The highest BCUT2D eigenvalue weighted by Gasteiger charge is 2.33. The lowest BCUT2D eigenvalue weighted by Gasteiger charge is -2.35. The number of alkyl halides is 3. The van der Waals surface area contributed by atoms with Gasteiger partial charge in [0.25, 0.3) is 5.91 Å². The highest BCUT2D eigenvalue weighted by Crippen LogP contribution is 2.32. The van der Waals surface area contributed by atoms with Gasteiger partial charge in [0.1, 0.15) is 12.1 Å². The number of nitrogens with zero attached hydrogens (tertiary/aromatic N) is 4. The summed E-state index contributed by atoms with van der Waals surface area (Å²) in [7, 11) is 0. The van der Waals surface area contributed by atoms with Crippen LogP contribution in [0.4, 0.5) is 13.2 Å². The Labute approximate surface area is 170 Å². The molecule has 1 aliphatic heterocycles. The smallest absolute Gasteiger partial charge is 0.406 e. The number of likely N-dealkylation sites (tertiary alicyclic amines) is 1. The van der Waals surface area contributed by atoms with Crippen LogP contribution in [0, 0.1) is 0 Å². The quantitative estimate of drug-likeness (QED) is 0.627. The number of rotatable bonds is 4. The molecule has 0 bridgehead atoms. The van der Waals surface area contributed by atoms with E-state index in [1.807, 2.05) is 34.9 Å². The Balaban J connectivity index is 1.59. The topological polar surface area (TPSA) is 60.2 Å². The minimum absolute atomic E-state index is 0.263. The number of benzene rings is 2. The van der Waals surface area contributed by atoms with Crippen LogP contribution in [0.1, 0.15) is 41.5 Å². The van der Waals surface area contributed by atoms with E-state index in [-0.39, 0.29) is 17.7 Å². The third-order valence-corrected chi connectivity index (χ3v) is 5.01. The van der Waals surface area contributed by atoms with Crippen molar-refractivity contribution in [3.63, 3.8) is 0 Å². The molecule has 0 radical (unpaired) electrons. The number of halogens is 3. The van der Waals surface area contributed by atoms with Gasteiger partial charge in [0.05, 0.1) is 6.04 Å². The zero-order valence-corrected chi connectivity index (χ0v) is 15.9. The Morgan fingerprint density at radius 1 is 1.03 bits per heavy atom. The molecule has 0 N–H and O–H groups in total. The molecule has 1 atom stereocenters. The average molecular weight is 416 g/mol. The molecule has 9 heteroatoms. The van der Waals surface area contributed by atoms with Crippen molar-refractivity contribution in [3.05, 3.63) is 72.3 Å². The second-order valence-corrected chi connectivity index (χ2v) is 6.98. The van der Waals surface area contributed by atoms with Crippen molar-refractivity contribution >= 4 is 5.91 Å². The average Bonchev–Trinajstić information content (AvgIpc) is 3.23. The number of aromatic nitrogens is 3. The largest absolute Gasteiger partial charge is 0.573 e. The number of amides is 1. The molecule has 6 nitrogen and oxygen atoms in total. The van der Waals surface area contributed by atoms with Gasteiger partial charge >= 0.3 is 6.36 Å². The van der Waals surface area contributed by atoms with Crippen LogP contribution in [0.15, 0.2) is 60.9 Å². The molecular formula is C21H19F3N4O2. The minimum Gasteiger partial charge on any atom is -0.406 e. The molecule has 1 fully saturated rings. The summed E-state index contributed by atoms with van der Waals surface area (Å²) in [6.45, 7) is 0.534. The van der Waals surface area contributed by atoms with Crippen LogP contribution in [0.25, 0.3) is 5.69 Å². The van der Waals surface area contributed by atoms with E-state index in [1.165, 1.54) is 12.1 Å². The molecular weight excluding hydrogens is 397 g/mol. The second-order valence-electron chi connectivity index (χ2n) is 6.98. The fourth-order valence-corrected chi connectivity index (χ4v) is 3.67. The Kier molecular flexibility index (Phi) is 5.43. The van der Waals surface area contributed by atoms with E-state index < -0.39 is 6.36 Å². The van der Waals surface area contributed by atoms with Crippen molar-refractivity contribution in [2.24, 2.45) is 0 Å². The standard InChI is InChI=1S/C21H19F3N4O2/c22-21(23,24)30-17-11-9-15(10-12-17)20(29)27-13-5-4-8-18(27)19-26-25-14-28(19)16-6-2-1-3-7-16/h1-3,6-7,9-12,14,18H,4-5,8,13H2. The van der Waals surface area contributed by atoms with E-state index >= 15 is 0 Å². The molecule has 30 heavy (non-hydrogen) atoms. The van der Waals surface area contributed by atoms with E-state index in [9.17, 15) is 18.0 Å². The van der Waals surface area contributed by atoms with Gasteiger partial charge in [0, 0.05) is 17.8 Å². The lowest BCUT2D eigenvalue weighted by molar-refractivity contribution is -0.274. The molecule has 1 unspecified atom stereocenters. The van der Waals surface area contributed by atoms with Crippen LogP contribution < -0.4 is 4.74 Å². The van der Waals surface area contributed by atoms with E-state index in [0.717, 1.165) is 37.1 Å². The number of hydrogen-bond donors (Lipinski definition) is 0. The van der Waals surface area contributed by atoms with Crippen molar-refractivity contribution in [1.29, 1.82) is 0 Å². The van der Waals surface area contributed by atoms with Crippen molar-refractivity contribution in [1.82, 2.24) is 19.7 Å². The van der Waals surface area contributed by atoms with Gasteiger partial charge in [0.15, 0.2) is 5.82 Å². The molecule has 0 aliphatic carbocycles. The first-order valence-electron chi connectivity index (χ1n) is 9.54. The predicted octanol–water partition coefficient (Wildman–Crippen LogP) is 4.53. The fourth-order valence-electron chi connectivity index (χ4n) is 3.67. The Morgan fingerprint density at radius 2 is 1.77 bits per heavy atom. The van der Waals surface area contributed by atoms with Crippen molar-refractivity contribution in [2.45, 2.75) is 31.7 Å². The van der Waals surface area contributed by atoms with Crippen LogP contribution in [-0.4, -0.2) is 38.5 Å². The first-order chi connectivity index (χ1) is 14.4. The van der Waals surface area contributed by atoms with Gasteiger partial charge in [-0.25, -0.2) is 0 Å². The second kappa shape index (κ2) is 8.17. The van der Waals surface area contributed by atoms with Gasteiger partial charge in [-0.3, -0.25) is 9.36 Å². The number of para-hydroxylation sites is 1. The molecule has 3 aromatic rings. The maximum atomic E-state index is 13.2. The molecule has 1 amide bonds. The number of piperidine rings is 1. The SMILES string of the molecule is O=C(c1ccc(OC(F)(F)F)cc1)N1CCCCC1c1nncn1-c1ccccc1. The van der Waals surface area contributed by atoms with Crippen LogP contribution in [-0.2, 0) is 0 Å². The number of carbonyl (C=O) groups is 1. The third-order valence-electron chi connectivity index (χ3n) is 5.01. The van der Waals surface area contributed by atoms with E-state index in [2.05, 4.69) is 14.9 Å². The molecule has 0 spiro atoms. The Bertz CT molecular complexity index is 1000. The molecule has 4 rings (SSSR count). The van der Waals surface area contributed by atoms with Gasteiger partial charge in [-0.1, -0.05) is 18.2 Å². The normalized spacial score (nSPS) is 17.0. The maximum absolute atomic E-state index is 13.2. The molecule has 1 aromatic heterocycles. The summed E-state index contributed by atoms with van der Waals surface area (Å²) in [5.74, 6) is 0.0326. The summed E-state index contributed by atoms with van der Waals surface area (Å²) in [5, 5.41) is 8.31. The van der Waals surface area contributed by atoms with Crippen LogP contribution >= 0.6 is 0 Å². The van der Waals surface area contributed by atoms with Crippen molar-refractivity contribution in [3.8, 4) is 11.4 Å². The lowest BCUT2D eigenvalue weighted by atomic mass is 9.99. The van der Waals surface area contributed by atoms with Gasteiger partial charge < -0.3 is 9.64 Å². The fraction of sp³-hybridized carbons (Fsp3) is 0.286. The summed E-state index contributed by atoms with van der Waals surface area (Å²) >= 11 is 0. The molecule has 2 heterocycles. The summed E-state index contributed by atoms with van der Waals surface area (Å²) in [6.07, 6.45) is -0.645. The van der Waals surface area contributed by atoms with E-state index in [0.29, 0.717) is 17.9 Å². The molecule has 0 saturated carbocycles. The number of ether oxygens (including phenoxy) is 1. The van der Waals surface area contributed by atoms with Crippen molar-refractivity contribution < 1.29 is 22.7 Å². The number of carbonyl (C=O) groups excluding carboxylic acids is 1. The lowest BCUT2D eigenvalue weighted by Crippen LogP contribution is -2.39. The minimum atomic E-state index is -4.77. The molecule has 156 valence electrons. The highest BCUT2D eigenvalue weighted by atomic mass is 19.4. The van der Waals surface area contributed by atoms with Gasteiger partial charge in [0.2, 0.25) is 0 Å². The Hall–Kier alpha value is -3.36. The summed E-state index contributed by atoms with van der Waals surface area (Å²) in [6, 6.07) is 14.3. The monoisotopic (exact) mass is 416 g/mol. The van der Waals surface area contributed by atoms with Gasteiger partial charge in [-0.15, -0.1) is 23.4 Å². The molecule has 2 aromatic carbocycles. The zero-order chi connectivity index (χ0) is 21.1. The molecule has 1 aliphatic rings. The van der Waals surface area contributed by atoms with Crippen LogP contribution in [0.2, 0.25) is 0 Å². The highest BCUT2D eigenvalue weighted by molar-refractivity contribution is 5.94. The van der Waals surface area contributed by atoms with Gasteiger partial charge in [-0.05, 0) is 55.7 Å². The predicted molar refractivity (Wildman–Crippen MR) is 102 cm³/mol. The first-order valence-corrected chi connectivity index (χ1v) is 9.54. The summed E-state index contributed by atoms with van der Waals surface area (Å²) < 4.78 is 42.8. The zero-order valence-electron chi connectivity index (χ0n) is 15.9. The van der Waals surface area contributed by atoms with E-state index in [1.54, 1.807) is 11.2 Å². The molecule has 1 saturated heterocycles. The van der Waals surface area contributed by atoms with E-state index in [4.69, 9.17) is 0 Å². The maximum Gasteiger partial charge on any atom is 0.573 e. The van der Waals surface area contributed by atoms with Gasteiger partial charge in [-0.2, -0.15) is 0 Å².